The van der Waals surface area contributed by atoms with Crippen LogP contribution in [0.5, 0.6) is 0 Å². The second kappa shape index (κ2) is 18.8. The molecule has 189 valence electrons. The van der Waals surface area contributed by atoms with Crippen molar-refractivity contribution < 1.29 is 18.0 Å². The molecule has 35 heavy (non-hydrogen) atoms. The molecule has 0 aliphatic carbocycles. The molecular formula is C26H37B2F3N3O. The molecule has 0 aliphatic heterocycles. The maximum Gasteiger partial charge on any atom is 0.236 e. The monoisotopic (exact) mass is 486 g/mol. The molecular weight excluding hydrogens is 449 g/mol. The van der Waals surface area contributed by atoms with Crippen molar-refractivity contribution in [3.05, 3.63) is 72.1 Å². The topological polar surface area (TPSA) is 67.1 Å². The highest BCUT2D eigenvalue weighted by molar-refractivity contribution is 6.51. The number of hydrogen-bond acceptors (Lipinski definition) is 3. The van der Waals surface area contributed by atoms with Gasteiger partial charge in [0.05, 0.1) is 6.04 Å². The van der Waals surface area contributed by atoms with Crippen LogP contribution in [0.4, 0.5) is 13.2 Å². The van der Waals surface area contributed by atoms with Gasteiger partial charge < -0.3 is 16.4 Å². The molecule has 2 rings (SSSR count). The lowest BCUT2D eigenvalue weighted by molar-refractivity contribution is -0.122. The van der Waals surface area contributed by atoms with Crippen LogP contribution in [-0.2, 0) is 11.3 Å². The van der Waals surface area contributed by atoms with Gasteiger partial charge in [-0.3, -0.25) is 4.79 Å². The molecule has 9 heteroatoms. The fraction of sp³-hybridized carbons (Fsp3) is 0.423. The summed E-state index contributed by atoms with van der Waals surface area (Å²) in [6.07, 6.45) is 3.58. The largest absolute Gasteiger partial charge is 0.355 e. The average Bonchev–Trinajstić information content (AvgIpc) is 2.83. The van der Waals surface area contributed by atoms with Crippen molar-refractivity contribution in [3.8, 4) is 0 Å². The van der Waals surface area contributed by atoms with Crippen molar-refractivity contribution >= 4 is 32.0 Å². The van der Waals surface area contributed by atoms with E-state index in [1.807, 2.05) is 27.1 Å². The van der Waals surface area contributed by atoms with Crippen LogP contribution < -0.4 is 27.3 Å². The van der Waals surface area contributed by atoms with E-state index in [-0.39, 0.29) is 17.2 Å². The van der Waals surface area contributed by atoms with Crippen molar-refractivity contribution in [3.63, 3.8) is 0 Å². The van der Waals surface area contributed by atoms with Gasteiger partial charge in [-0.05, 0) is 55.6 Å². The molecule has 0 saturated heterocycles. The minimum atomic E-state index is -1.03. The molecule has 0 bridgehead atoms. The highest BCUT2D eigenvalue weighted by atomic mass is 19.2. The Morgan fingerprint density at radius 1 is 1.11 bits per heavy atom. The van der Waals surface area contributed by atoms with E-state index in [0.717, 1.165) is 36.4 Å². The van der Waals surface area contributed by atoms with Gasteiger partial charge in [-0.25, -0.2) is 13.2 Å². The molecule has 1 atom stereocenters. The van der Waals surface area contributed by atoms with Gasteiger partial charge in [-0.15, -0.1) is 13.2 Å². The number of rotatable bonds is 11. The number of halogens is 3. The Labute approximate surface area is 210 Å². The number of nitrogens with two attached hydrogens (primary N) is 1. The highest BCUT2D eigenvalue weighted by Gasteiger charge is 2.12. The third kappa shape index (κ3) is 13.8. The maximum absolute atomic E-state index is 13.2. The Morgan fingerprint density at radius 2 is 1.80 bits per heavy atom. The maximum atomic E-state index is 13.2. The number of nitrogens with one attached hydrogen (secondary N) is 2. The molecule has 4 nitrogen and oxygen atoms in total. The van der Waals surface area contributed by atoms with Gasteiger partial charge in [0.15, 0.2) is 11.6 Å². The summed E-state index contributed by atoms with van der Waals surface area (Å²) in [7, 11) is 7.25. The number of amides is 1. The van der Waals surface area contributed by atoms with E-state index in [1.165, 1.54) is 18.2 Å². The second-order valence-corrected chi connectivity index (χ2v) is 7.90. The minimum absolute atomic E-state index is 0.159. The van der Waals surface area contributed by atoms with Crippen LogP contribution >= 0.6 is 0 Å². The van der Waals surface area contributed by atoms with Crippen molar-refractivity contribution in [1.82, 2.24) is 10.6 Å². The van der Waals surface area contributed by atoms with Crippen molar-refractivity contribution in [2.45, 2.75) is 58.9 Å². The lowest BCUT2D eigenvalue weighted by Crippen LogP contribution is -2.42. The summed E-state index contributed by atoms with van der Waals surface area (Å²) in [5.74, 6) is -2.33. The smallest absolute Gasteiger partial charge is 0.236 e. The zero-order valence-corrected chi connectivity index (χ0v) is 21.1. The summed E-state index contributed by atoms with van der Waals surface area (Å²) in [6, 6.07) is 6.88. The van der Waals surface area contributed by atoms with Gasteiger partial charge in [0.1, 0.15) is 20.9 Å². The number of hydrogen-bond donors (Lipinski definition) is 3. The average molecular weight is 486 g/mol. The first-order valence-corrected chi connectivity index (χ1v) is 11.7. The Hall–Kier alpha value is -2.51. The quantitative estimate of drug-likeness (QED) is 0.260. The summed E-state index contributed by atoms with van der Waals surface area (Å²) in [5.41, 5.74) is 8.03. The molecule has 0 spiro atoms. The van der Waals surface area contributed by atoms with E-state index in [1.54, 1.807) is 0 Å². The van der Waals surface area contributed by atoms with Crippen molar-refractivity contribution in [2.24, 2.45) is 5.73 Å². The Kier molecular flexibility index (Phi) is 17.4. The van der Waals surface area contributed by atoms with Crippen LogP contribution in [0.1, 0.15) is 43.7 Å². The van der Waals surface area contributed by atoms with E-state index in [2.05, 4.69) is 30.7 Å². The van der Waals surface area contributed by atoms with Gasteiger partial charge >= 0.3 is 0 Å². The number of aryl methyl sites for hydroxylation is 1. The molecule has 0 saturated carbocycles. The first kappa shape index (κ1) is 32.5. The van der Waals surface area contributed by atoms with Gasteiger partial charge in [0.25, 0.3) is 0 Å². The van der Waals surface area contributed by atoms with Crippen LogP contribution in [0, 0.1) is 24.4 Å². The Balaban J connectivity index is 0.000000798. The highest BCUT2D eigenvalue weighted by Crippen LogP contribution is 2.06. The van der Waals surface area contributed by atoms with Crippen LogP contribution in [0.15, 0.2) is 43.5 Å². The fourth-order valence-electron chi connectivity index (χ4n) is 3.04. The van der Waals surface area contributed by atoms with E-state index in [4.69, 9.17) is 13.6 Å². The third-order valence-corrected chi connectivity index (χ3v) is 4.89. The predicted molar refractivity (Wildman–Crippen MR) is 142 cm³/mol. The van der Waals surface area contributed by atoms with Gasteiger partial charge in [0.2, 0.25) is 5.91 Å². The van der Waals surface area contributed by atoms with Crippen molar-refractivity contribution in [2.75, 3.05) is 13.1 Å². The lowest BCUT2D eigenvalue weighted by atomic mass is 9.73. The molecule has 3 radical (unpaired) electrons. The van der Waals surface area contributed by atoms with Gasteiger partial charge in [-0.1, -0.05) is 49.6 Å². The number of carbonyl (C=O) groups excluding carboxylic acids is 1. The third-order valence-electron chi connectivity index (χ3n) is 4.89. The molecule has 2 aromatic carbocycles. The minimum Gasteiger partial charge on any atom is -0.355 e. The zero-order chi connectivity index (χ0) is 26.8. The standard InChI is InChI=1S/C16H24BF2N3O.C8H9BF.C2H4/c1-2-3-4-6-22-16(23)14(20)5-7-21-10-11-8-12(17)15(19)13(18)9-11;1-6-3-7(9-2)5-8(10)4-6;1-2/h8-9,14,21H,2-7,10,20H2,1H3,(H,22,23);3-5H,1-2H3;1-2H2. The normalized spacial score (nSPS) is 10.8. The van der Waals surface area contributed by atoms with Gasteiger partial charge in [0, 0.05) is 13.1 Å². The van der Waals surface area contributed by atoms with Crippen LogP contribution in [0.3, 0.4) is 0 Å². The number of benzene rings is 2. The van der Waals surface area contributed by atoms with E-state index in [9.17, 15) is 18.0 Å². The molecule has 2 aromatic rings. The molecule has 0 aromatic heterocycles. The molecule has 0 heterocycles. The Bertz CT molecular complexity index is 857. The molecule has 1 amide bonds. The van der Waals surface area contributed by atoms with E-state index in [0.29, 0.717) is 31.6 Å². The summed E-state index contributed by atoms with van der Waals surface area (Å²) in [4.78, 5) is 11.7. The SMILES string of the molecule is C=C.C[B]c1cc(C)cc(F)c1.[B]c1cc(CNCCC(N)C(=O)NCCCCC)cc(F)c1F. The molecule has 0 fully saturated rings. The van der Waals surface area contributed by atoms with E-state index >= 15 is 0 Å². The Morgan fingerprint density at radius 3 is 2.37 bits per heavy atom. The predicted octanol–water partition coefficient (Wildman–Crippen LogP) is 3.19. The van der Waals surface area contributed by atoms with E-state index < -0.39 is 17.7 Å². The molecule has 4 N–H and O–H groups in total. The van der Waals surface area contributed by atoms with Crippen LogP contribution in [-0.4, -0.2) is 40.2 Å². The number of unbranched alkanes of at least 4 members (excludes halogenated alkanes) is 2. The van der Waals surface area contributed by atoms with Gasteiger partial charge in [-0.2, -0.15) is 0 Å². The van der Waals surface area contributed by atoms with Crippen molar-refractivity contribution in [1.29, 1.82) is 0 Å². The fourth-order valence-corrected chi connectivity index (χ4v) is 3.04. The van der Waals surface area contributed by atoms with Crippen LogP contribution in [0.25, 0.3) is 0 Å². The van der Waals surface area contributed by atoms with Crippen LogP contribution in [0.2, 0.25) is 6.82 Å². The first-order chi connectivity index (χ1) is 16.7. The summed E-state index contributed by atoms with van der Waals surface area (Å²) < 4.78 is 38.9. The summed E-state index contributed by atoms with van der Waals surface area (Å²) in [6.45, 7) is 13.3. The summed E-state index contributed by atoms with van der Waals surface area (Å²) in [5, 5.41) is 5.83. The number of carbonyl (C=O) groups is 1. The molecule has 1 unspecified atom stereocenters. The summed E-state index contributed by atoms with van der Waals surface area (Å²) >= 11 is 0. The lowest BCUT2D eigenvalue weighted by Gasteiger charge is -2.13. The zero-order valence-electron chi connectivity index (χ0n) is 21.1. The second-order valence-electron chi connectivity index (χ2n) is 7.90. The first-order valence-electron chi connectivity index (χ1n) is 11.7. The molecule has 0 aliphatic rings.